The number of rotatable bonds is 3. The first kappa shape index (κ1) is 10.8. The smallest absolute Gasteiger partial charge is 0.233 e. The molecular weight excluding hydrogens is 198 g/mol. The molecule has 78 valence electrons. The van der Waals surface area contributed by atoms with Gasteiger partial charge in [0.15, 0.2) is 0 Å². The molecule has 1 rings (SSSR count). The molecule has 0 aliphatic carbocycles. The van der Waals surface area contributed by atoms with Crippen molar-refractivity contribution in [2.75, 3.05) is 0 Å². The summed E-state index contributed by atoms with van der Waals surface area (Å²) < 4.78 is 0. The minimum atomic E-state index is 0.161. The van der Waals surface area contributed by atoms with Crippen LogP contribution in [-0.2, 0) is 6.54 Å². The van der Waals surface area contributed by atoms with Gasteiger partial charge < -0.3 is 15.8 Å². The standard InChI is InChI=1S/C9H15N3OS/c1-7(2)12(9(10)11-13)6-8-4-3-5-14-8/h3-5,7,13H,6H2,1-2H3,(H2,10,11). The zero-order valence-corrected chi connectivity index (χ0v) is 9.16. The van der Waals surface area contributed by atoms with Gasteiger partial charge in [-0.1, -0.05) is 11.2 Å². The number of oxime groups is 1. The van der Waals surface area contributed by atoms with Crippen LogP contribution in [0.15, 0.2) is 22.7 Å². The minimum Gasteiger partial charge on any atom is -0.408 e. The van der Waals surface area contributed by atoms with Gasteiger partial charge in [-0.05, 0) is 25.3 Å². The molecule has 0 radical (unpaired) electrons. The molecule has 1 heterocycles. The molecule has 5 heteroatoms. The predicted molar refractivity (Wildman–Crippen MR) is 58.4 cm³/mol. The highest BCUT2D eigenvalue weighted by Gasteiger charge is 2.13. The van der Waals surface area contributed by atoms with E-state index in [2.05, 4.69) is 5.16 Å². The Labute approximate surface area is 87.6 Å². The first-order valence-corrected chi connectivity index (χ1v) is 5.29. The zero-order valence-electron chi connectivity index (χ0n) is 8.34. The first-order chi connectivity index (χ1) is 6.65. The number of hydrogen-bond donors (Lipinski definition) is 2. The molecule has 0 bridgehead atoms. The van der Waals surface area contributed by atoms with E-state index in [-0.39, 0.29) is 12.0 Å². The molecule has 0 spiro atoms. The third kappa shape index (κ3) is 2.63. The molecule has 4 nitrogen and oxygen atoms in total. The van der Waals surface area contributed by atoms with E-state index in [1.54, 1.807) is 11.3 Å². The van der Waals surface area contributed by atoms with Crippen molar-refractivity contribution in [1.29, 1.82) is 0 Å². The summed E-state index contributed by atoms with van der Waals surface area (Å²) in [5, 5.41) is 13.6. The van der Waals surface area contributed by atoms with Gasteiger partial charge in [0.25, 0.3) is 0 Å². The Kier molecular flexibility index (Phi) is 3.76. The average Bonchev–Trinajstić information content (AvgIpc) is 2.65. The summed E-state index contributed by atoms with van der Waals surface area (Å²) in [6.07, 6.45) is 0. The zero-order chi connectivity index (χ0) is 10.6. The normalized spacial score (nSPS) is 12.1. The van der Waals surface area contributed by atoms with E-state index in [0.29, 0.717) is 6.54 Å². The van der Waals surface area contributed by atoms with E-state index >= 15 is 0 Å². The number of thiophene rings is 1. The maximum atomic E-state index is 8.61. The van der Waals surface area contributed by atoms with Gasteiger partial charge >= 0.3 is 0 Å². The van der Waals surface area contributed by atoms with E-state index in [1.165, 1.54) is 4.88 Å². The summed E-state index contributed by atoms with van der Waals surface area (Å²) in [7, 11) is 0. The van der Waals surface area contributed by atoms with Crippen molar-refractivity contribution in [3.05, 3.63) is 22.4 Å². The molecule has 1 aromatic rings. The lowest BCUT2D eigenvalue weighted by molar-refractivity contribution is 0.279. The van der Waals surface area contributed by atoms with E-state index < -0.39 is 0 Å². The summed E-state index contributed by atoms with van der Waals surface area (Å²) in [5.41, 5.74) is 5.57. The molecule has 0 aromatic carbocycles. The van der Waals surface area contributed by atoms with Gasteiger partial charge in [0.1, 0.15) is 0 Å². The van der Waals surface area contributed by atoms with Crippen molar-refractivity contribution in [2.45, 2.75) is 26.4 Å². The molecule has 0 saturated carbocycles. The van der Waals surface area contributed by atoms with Crippen molar-refractivity contribution in [1.82, 2.24) is 4.90 Å². The predicted octanol–water partition coefficient (Wildman–Crippen LogP) is 1.66. The highest BCUT2D eigenvalue weighted by atomic mass is 32.1. The number of nitrogens with two attached hydrogens (primary N) is 1. The summed E-state index contributed by atoms with van der Waals surface area (Å²) in [5.74, 6) is 0.161. The van der Waals surface area contributed by atoms with Crippen molar-refractivity contribution < 1.29 is 5.21 Å². The van der Waals surface area contributed by atoms with Crippen molar-refractivity contribution >= 4 is 17.3 Å². The Hall–Kier alpha value is -1.23. The SMILES string of the molecule is CC(C)N(Cc1cccs1)C(N)=NO. The molecule has 1 aromatic heterocycles. The lowest BCUT2D eigenvalue weighted by Gasteiger charge is -2.25. The van der Waals surface area contributed by atoms with E-state index in [1.807, 2.05) is 36.3 Å². The second kappa shape index (κ2) is 4.85. The molecule has 3 N–H and O–H groups in total. The van der Waals surface area contributed by atoms with Gasteiger partial charge in [0.2, 0.25) is 5.96 Å². The van der Waals surface area contributed by atoms with Gasteiger partial charge in [-0.2, -0.15) is 0 Å². The molecule has 0 aliphatic rings. The molecule has 0 fully saturated rings. The van der Waals surface area contributed by atoms with Crippen LogP contribution in [0.5, 0.6) is 0 Å². The maximum Gasteiger partial charge on any atom is 0.233 e. The van der Waals surface area contributed by atoms with Crippen LogP contribution in [0.1, 0.15) is 18.7 Å². The monoisotopic (exact) mass is 213 g/mol. The summed E-state index contributed by atoms with van der Waals surface area (Å²) >= 11 is 1.66. The van der Waals surface area contributed by atoms with Crippen LogP contribution >= 0.6 is 11.3 Å². The molecule has 0 amide bonds. The lowest BCUT2D eigenvalue weighted by Crippen LogP contribution is -2.41. The van der Waals surface area contributed by atoms with Gasteiger partial charge in [-0.25, -0.2) is 0 Å². The number of hydrogen-bond acceptors (Lipinski definition) is 3. The third-order valence-electron chi connectivity index (χ3n) is 1.93. The van der Waals surface area contributed by atoms with Gasteiger partial charge in [-0.15, -0.1) is 11.3 Å². The van der Waals surface area contributed by atoms with Gasteiger partial charge in [0, 0.05) is 10.9 Å². The molecule has 0 atom stereocenters. The topological polar surface area (TPSA) is 61.8 Å². The highest BCUT2D eigenvalue weighted by Crippen LogP contribution is 2.13. The lowest BCUT2D eigenvalue weighted by atomic mass is 10.3. The van der Waals surface area contributed by atoms with Crippen LogP contribution < -0.4 is 5.73 Å². The highest BCUT2D eigenvalue weighted by molar-refractivity contribution is 7.09. The fourth-order valence-corrected chi connectivity index (χ4v) is 1.86. The fraction of sp³-hybridized carbons (Fsp3) is 0.444. The van der Waals surface area contributed by atoms with E-state index in [9.17, 15) is 0 Å². The van der Waals surface area contributed by atoms with Crippen LogP contribution in [0.4, 0.5) is 0 Å². The van der Waals surface area contributed by atoms with Crippen molar-refractivity contribution in [3.63, 3.8) is 0 Å². The first-order valence-electron chi connectivity index (χ1n) is 4.41. The van der Waals surface area contributed by atoms with Gasteiger partial charge in [0.05, 0.1) is 6.54 Å². The second-order valence-corrected chi connectivity index (χ2v) is 4.29. The summed E-state index contributed by atoms with van der Waals surface area (Å²) in [6, 6.07) is 4.24. The van der Waals surface area contributed by atoms with E-state index in [4.69, 9.17) is 10.9 Å². The molecule has 0 aliphatic heterocycles. The van der Waals surface area contributed by atoms with Crippen LogP contribution in [0.2, 0.25) is 0 Å². The maximum absolute atomic E-state index is 8.61. The van der Waals surface area contributed by atoms with Crippen LogP contribution in [-0.4, -0.2) is 22.1 Å². The number of nitrogens with zero attached hydrogens (tertiary/aromatic N) is 2. The largest absolute Gasteiger partial charge is 0.408 e. The fourth-order valence-electron chi connectivity index (χ4n) is 1.16. The van der Waals surface area contributed by atoms with Gasteiger partial charge in [-0.3, -0.25) is 0 Å². The Bertz CT molecular complexity index is 295. The van der Waals surface area contributed by atoms with Crippen LogP contribution in [0, 0.1) is 0 Å². The Morgan fingerprint density at radius 3 is 2.86 bits per heavy atom. The average molecular weight is 213 g/mol. The quantitative estimate of drug-likeness (QED) is 0.347. The summed E-state index contributed by atoms with van der Waals surface area (Å²) in [6.45, 7) is 4.70. The number of guanidine groups is 1. The van der Waals surface area contributed by atoms with Crippen molar-refractivity contribution in [3.8, 4) is 0 Å². The van der Waals surface area contributed by atoms with Crippen LogP contribution in [0.3, 0.4) is 0 Å². The molecule has 0 saturated heterocycles. The minimum absolute atomic E-state index is 0.161. The second-order valence-electron chi connectivity index (χ2n) is 3.26. The Morgan fingerprint density at radius 2 is 2.43 bits per heavy atom. The van der Waals surface area contributed by atoms with Crippen LogP contribution in [0.25, 0.3) is 0 Å². The molecular formula is C9H15N3OS. The summed E-state index contributed by atoms with van der Waals surface area (Å²) in [4.78, 5) is 3.04. The Balaban J connectivity index is 2.70. The third-order valence-corrected chi connectivity index (χ3v) is 2.79. The van der Waals surface area contributed by atoms with Crippen molar-refractivity contribution in [2.24, 2.45) is 10.9 Å². The van der Waals surface area contributed by atoms with E-state index in [0.717, 1.165) is 0 Å². The molecule has 14 heavy (non-hydrogen) atoms. The molecule has 0 unspecified atom stereocenters. The Morgan fingerprint density at radius 1 is 1.71 bits per heavy atom.